The van der Waals surface area contributed by atoms with Gasteiger partial charge in [0.2, 0.25) is 0 Å². The van der Waals surface area contributed by atoms with Crippen molar-refractivity contribution in [3.05, 3.63) is 101 Å². The summed E-state index contributed by atoms with van der Waals surface area (Å²) < 4.78 is 27.7. The molecule has 0 aliphatic carbocycles. The number of rotatable bonds is 4. The van der Waals surface area contributed by atoms with E-state index in [9.17, 15) is 8.78 Å². The Labute approximate surface area is 156 Å². The van der Waals surface area contributed by atoms with Crippen LogP contribution in [0.5, 0.6) is 0 Å². The molecule has 2 N–H and O–H groups in total. The molecule has 1 atom stereocenters. The third kappa shape index (κ3) is 4.24. The van der Waals surface area contributed by atoms with Crippen molar-refractivity contribution in [1.29, 1.82) is 0 Å². The van der Waals surface area contributed by atoms with Crippen LogP contribution in [0.15, 0.2) is 72.8 Å². The summed E-state index contributed by atoms with van der Waals surface area (Å²) in [4.78, 5) is 0. The van der Waals surface area contributed by atoms with Crippen LogP contribution in [0.2, 0.25) is 0 Å². The van der Waals surface area contributed by atoms with Gasteiger partial charge in [0, 0.05) is 0 Å². The fraction of sp³-hybridized carbons (Fsp3) is 0.0952. The average molecular weight is 368 g/mol. The maximum atomic E-state index is 13.9. The summed E-state index contributed by atoms with van der Waals surface area (Å²) in [5.41, 5.74) is 2.86. The van der Waals surface area contributed by atoms with Gasteiger partial charge in [-0.3, -0.25) is 0 Å². The SMILES string of the molecule is Cc1cccc(C(NC(=S)Nc2c(F)cccc2F)c2ccccc2)c1. The Kier molecular flexibility index (Phi) is 5.58. The van der Waals surface area contributed by atoms with E-state index in [2.05, 4.69) is 16.7 Å². The molecule has 0 fully saturated rings. The number of para-hydroxylation sites is 1. The van der Waals surface area contributed by atoms with Crippen LogP contribution in [-0.4, -0.2) is 5.11 Å². The van der Waals surface area contributed by atoms with E-state index < -0.39 is 11.6 Å². The van der Waals surface area contributed by atoms with Crippen LogP contribution in [0.25, 0.3) is 0 Å². The molecule has 0 aliphatic heterocycles. The van der Waals surface area contributed by atoms with E-state index in [-0.39, 0.29) is 16.8 Å². The summed E-state index contributed by atoms with van der Waals surface area (Å²) in [5.74, 6) is -1.39. The number of aryl methyl sites for hydroxylation is 1. The second-order valence-electron chi connectivity index (χ2n) is 5.95. The number of nitrogens with one attached hydrogen (secondary N) is 2. The number of halogens is 2. The molecule has 26 heavy (non-hydrogen) atoms. The Morgan fingerprint density at radius 3 is 2.12 bits per heavy atom. The van der Waals surface area contributed by atoms with E-state index in [1.807, 2.05) is 55.5 Å². The zero-order valence-corrected chi connectivity index (χ0v) is 15.0. The molecule has 132 valence electrons. The van der Waals surface area contributed by atoms with Crippen LogP contribution in [0.1, 0.15) is 22.7 Å². The first-order chi connectivity index (χ1) is 12.5. The second kappa shape index (κ2) is 8.06. The first kappa shape index (κ1) is 18.0. The van der Waals surface area contributed by atoms with E-state index in [0.717, 1.165) is 16.7 Å². The van der Waals surface area contributed by atoms with Gasteiger partial charge in [-0.15, -0.1) is 0 Å². The van der Waals surface area contributed by atoms with Crippen LogP contribution in [0.3, 0.4) is 0 Å². The van der Waals surface area contributed by atoms with Crippen LogP contribution in [0, 0.1) is 18.6 Å². The smallest absolute Gasteiger partial charge is 0.171 e. The Balaban J connectivity index is 1.87. The maximum absolute atomic E-state index is 13.9. The van der Waals surface area contributed by atoms with Crippen molar-refractivity contribution < 1.29 is 8.78 Å². The molecule has 0 spiro atoms. The van der Waals surface area contributed by atoms with Crippen molar-refractivity contribution in [2.45, 2.75) is 13.0 Å². The molecule has 3 aromatic carbocycles. The minimum Gasteiger partial charge on any atom is -0.352 e. The predicted molar refractivity (Wildman–Crippen MR) is 105 cm³/mol. The summed E-state index contributed by atoms with van der Waals surface area (Å²) >= 11 is 5.31. The minimum absolute atomic E-state index is 0.143. The molecule has 2 nitrogen and oxygen atoms in total. The van der Waals surface area contributed by atoms with Gasteiger partial charge in [0.15, 0.2) is 5.11 Å². The molecule has 0 amide bonds. The molecule has 0 radical (unpaired) electrons. The van der Waals surface area contributed by atoms with E-state index in [4.69, 9.17) is 12.2 Å². The first-order valence-electron chi connectivity index (χ1n) is 8.17. The number of anilines is 1. The summed E-state index contributed by atoms with van der Waals surface area (Å²) in [6, 6.07) is 21.2. The minimum atomic E-state index is -0.694. The molecule has 0 aliphatic rings. The highest BCUT2D eigenvalue weighted by atomic mass is 32.1. The third-order valence-electron chi connectivity index (χ3n) is 3.99. The van der Waals surface area contributed by atoms with Gasteiger partial charge in [-0.1, -0.05) is 66.2 Å². The number of thiocarbonyl (C=S) groups is 1. The molecule has 0 saturated carbocycles. The Hall–Kier alpha value is -2.79. The van der Waals surface area contributed by atoms with Gasteiger partial charge in [-0.05, 0) is 42.4 Å². The fourth-order valence-electron chi connectivity index (χ4n) is 2.75. The fourth-order valence-corrected chi connectivity index (χ4v) is 2.97. The van der Waals surface area contributed by atoms with Crippen molar-refractivity contribution in [2.75, 3.05) is 5.32 Å². The van der Waals surface area contributed by atoms with Crippen molar-refractivity contribution in [3.63, 3.8) is 0 Å². The lowest BCUT2D eigenvalue weighted by Gasteiger charge is -2.22. The van der Waals surface area contributed by atoms with Gasteiger partial charge in [-0.2, -0.15) is 0 Å². The molecule has 1 unspecified atom stereocenters. The van der Waals surface area contributed by atoms with E-state index >= 15 is 0 Å². The van der Waals surface area contributed by atoms with Crippen LogP contribution in [-0.2, 0) is 0 Å². The van der Waals surface area contributed by atoms with Gasteiger partial charge in [0.05, 0.1) is 6.04 Å². The quantitative estimate of drug-likeness (QED) is 0.607. The number of hydrogen-bond donors (Lipinski definition) is 2. The summed E-state index contributed by atoms with van der Waals surface area (Å²) in [6.07, 6.45) is 0. The van der Waals surface area contributed by atoms with Gasteiger partial charge in [0.25, 0.3) is 0 Å². The monoisotopic (exact) mass is 368 g/mol. The second-order valence-corrected chi connectivity index (χ2v) is 6.36. The standard InChI is InChI=1S/C21H18F2N2S/c1-14-7-5-10-16(13-14)19(15-8-3-2-4-9-15)24-21(26)25-20-17(22)11-6-12-18(20)23/h2-13,19H,1H3,(H2,24,25,26). The molecule has 5 heteroatoms. The average Bonchev–Trinajstić information content (AvgIpc) is 2.63. The van der Waals surface area contributed by atoms with Gasteiger partial charge >= 0.3 is 0 Å². The van der Waals surface area contributed by atoms with Crippen LogP contribution in [0.4, 0.5) is 14.5 Å². The maximum Gasteiger partial charge on any atom is 0.171 e. The lowest BCUT2D eigenvalue weighted by Crippen LogP contribution is -2.33. The van der Waals surface area contributed by atoms with Gasteiger partial charge in [0.1, 0.15) is 17.3 Å². The summed E-state index contributed by atoms with van der Waals surface area (Å²) in [5, 5.41) is 5.94. The summed E-state index contributed by atoms with van der Waals surface area (Å²) in [7, 11) is 0. The van der Waals surface area contributed by atoms with Gasteiger partial charge in [-0.25, -0.2) is 8.78 Å². The lowest BCUT2D eigenvalue weighted by molar-refractivity contribution is 0.591. The van der Waals surface area contributed by atoms with E-state index in [0.29, 0.717) is 0 Å². The normalized spacial score (nSPS) is 11.7. The van der Waals surface area contributed by atoms with Crippen molar-refractivity contribution in [3.8, 4) is 0 Å². The molecule has 3 rings (SSSR count). The molecule has 0 heterocycles. The van der Waals surface area contributed by atoms with Crippen LogP contribution >= 0.6 is 12.2 Å². The highest BCUT2D eigenvalue weighted by Gasteiger charge is 2.17. The van der Waals surface area contributed by atoms with Crippen LogP contribution < -0.4 is 10.6 Å². The lowest BCUT2D eigenvalue weighted by atomic mass is 9.97. The predicted octanol–water partition coefficient (Wildman–Crippen LogP) is 5.35. The van der Waals surface area contributed by atoms with Crippen molar-refractivity contribution >= 4 is 23.0 Å². The molecular weight excluding hydrogens is 350 g/mol. The highest BCUT2D eigenvalue weighted by molar-refractivity contribution is 7.80. The third-order valence-corrected chi connectivity index (χ3v) is 4.21. The first-order valence-corrected chi connectivity index (χ1v) is 8.58. The Morgan fingerprint density at radius 1 is 0.846 bits per heavy atom. The number of hydrogen-bond acceptors (Lipinski definition) is 1. The Morgan fingerprint density at radius 2 is 1.46 bits per heavy atom. The zero-order valence-electron chi connectivity index (χ0n) is 14.2. The van der Waals surface area contributed by atoms with E-state index in [1.165, 1.54) is 18.2 Å². The molecule has 3 aromatic rings. The zero-order chi connectivity index (χ0) is 18.5. The molecule has 0 saturated heterocycles. The summed E-state index contributed by atoms with van der Waals surface area (Å²) in [6.45, 7) is 2.01. The largest absolute Gasteiger partial charge is 0.352 e. The highest BCUT2D eigenvalue weighted by Crippen LogP contribution is 2.24. The molecule has 0 aromatic heterocycles. The topological polar surface area (TPSA) is 24.1 Å². The van der Waals surface area contributed by atoms with Gasteiger partial charge < -0.3 is 10.6 Å². The van der Waals surface area contributed by atoms with E-state index in [1.54, 1.807) is 0 Å². The number of benzene rings is 3. The Bertz CT molecular complexity index is 893. The van der Waals surface area contributed by atoms with Crippen molar-refractivity contribution in [2.24, 2.45) is 0 Å². The molecular formula is C21H18F2N2S. The van der Waals surface area contributed by atoms with Crippen molar-refractivity contribution in [1.82, 2.24) is 5.32 Å². The molecule has 0 bridgehead atoms.